The highest BCUT2D eigenvalue weighted by atomic mass is 127. The summed E-state index contributed by atoms with van der Waals surface area (Å²) in [5, 5.41) is 9.30. The largest absolute Gasteiger partial charge is 0.493 e. The molecule has 4 aromatic rings. The van der Waals surface area contributed by atoms with E-state index < -0.39 is 18.0 Å². The minimum atomic E-state index is -1.01. The van der Waals surface area contributed by atoms with Gasteiger partial charge in [-0.3, -0.25) is 9.36 Å². The van der Waals surface area contributed by atoms with E-state index in [0.717, 1.165) is 14.8 Å². The Morgan fingerprint density at radius 1 is 1.13 bits per heavy atom. The molecule has 0 amide bonds. The van der Waals surface area contributed by atoms with Crippen LogP contribution in [0.5, 0.6) is 11.5 Å². The second kappa shape index (κ2) is 13.9. The van der Waals surface area contributed by atoms with Gasteiger partial charge >= 0.3 is 11.9 Å². The molecule has 0 aliphatic carbocycles. The van der Waals surface area contributed by atoms with E-state index in [9.17, 15) is 19.5 Å². The van der Waals surface area contributed by atoms with Crippen molar-refractivity contribution in [1.29, 1.82) is 0 Å². The molecule has 1 atom stereocenters. The fourth-order valence-corrected chi connectivity index (χ4v) is 6.95. The number of anilines is 1. The quantitative estimate of drug-likeness (QED) is 0.182. The van der Waals surface area contributed by atoms with Crippen molar-refractivity contribution in [3.63, 3.8) is 0 Å². The lowest BCUT2D eigenvalue weighted by Crippen LogP contribution is -2.39. The minimum absolute atomic E-state index is 0.142. The number of carbonyl (C=O) groups excluding carboxylic acids is 1. The van der Waals surface area contributed by atoms with Gasteiger partial charge in [-0.2, -0.15) is 0 Å². The molecular weight excluding hydrogens is 721 g/mol. The summed E-state index contributed by atoms with van der Waals surface area (Å²) in [5.74, 6) is -0.563. The zero-order valence-corrected chi connectivity index (χ0v) is 28.8. The maximum atomic E-state index is 14.1. The first-order valence-corrected chi connectivity index (χ1v) is 16.2. The molecule has 0 saturated carbocycles. The predicted molar refractivity (Wildman–Crippen MR) is 185 cm³/mol. The summed E-state index contributed by atoms with van der Waals surface area (Å²) >= 11 is 3.38. The van der Waals surface area contributed by atoms with E-state index in [0.29, 0.717) is 43.2 Å². The van der Waals surface area contributed by atoms with Crippen LogP contribution in [0, 0.1) is 3.57 Å². The number of allylic oxidation sites excluding steroid dienone is 1. The van der Waals surface area contributed by atoms with Crippen molar-refractivity contribution in [1.82, 2.24) is 4.57 Å². The van der Waals surface area contributed by atoms with Crippen molar-refractivity contribution >= 4 is 57.6 Å². The van der Waals surface area contributed by atoms with E-state index in [2.05, 4.69) is 27.6 Å². The molecule has 2 heterocycles. The van der Waals surface area contributed by atoms with Crippen molar-refractivity contribution in [2.75, 3.05) is 32.7 Å². The Balaban J connectivity index is 1.55. The number of rotatable bonds is 10. The van der Waals surface area contributed by atoms with Crippen molar-refractivity contribution in [2.45, 2.75) is 26.5 Å². The smallest absolute Gasteiger partial charge is 0.338 e. The van der Waals surface area contributed by atoms with Crippen molar-refractivity contribution in [2.24, 2.45) is 4.99 Å². The number of benzene rings is 3. The Morgan fingerprint density at radius 2 is 1.87 bits per heavy atom. The van der Waals surface area contributed by atoms with E-state index in [1.165, 1.54) is 24.5 Å². The SMILES string of the molecule is CCOC(=O)C1=C(C)N=c2s/c(=C\c3cc(I)c(OCc4cccc(C(=O)O)c4)c(OC)c3)c(=O)n2[C@H]1c1ccc(N(C)C)cc1. The summed E-state index contributed by atoms with van der Waals surface area (Å²) in [6, 6.07) is 17.2. The zero-order valence-electron chi connectivity index (χ0n) is 25.9. The first kappa shape index (κ1) is 32.9. The molecule has 0 fully saturated rings. The number of aromatic nitrogens is 1. The standard InChI is InChI=1S/C34H32IN3O7S/c1-6-44-33(42)28-19(2)36-34-38(29(28)22-10-12-24(13-11-22)37(3)4)31(39)27(46-34)17-21-15-25(35)30(26(16-21)43-5)45-18-20-8-7-9-23(14-20)32(40)41/h7-17,29H,6,18H2,1-5H3,(H,40,41)/b27-17-/t29-/m0/s1. The topological polar surface area (TPSA) is 120 Å². The number of ether oxygens (including phenoxy) is 3. The third kappa shape index (κ3) is 6.72. The molecule has 3 aromatic carbocycles. The second-order valence-electron chi connectivity index (χ2n) is 10.6. The molecule has 1 N–H and O–H groups in total. The number of hydrogen-bond acceptors (Lipinski definition) is 9. The number of aromatic carboxylic acids is 1. The zero-order chi connectivity index (χ0) is 33.1. The number of methoxy groups -OCH3 is 1. The summed E-state index contributed by atoms with van der Waals surface area (Å²) in [5.41, 5.74) is 3.88. The van der Waals surface area contributed by atoms with Crippen LogP contribution in [0.1, 0.15) is 46.9 Å². The van der Waals surface area contributed by atoms with Crippen LogP contribution in [0.3, 0.4) is 0 Å². The first-order valence-electron chi connectivity index (χ1n) is 14.3. The molecule has 0 unspecified atom stereocenters. The third-order valence-electron chi connectivity index (χ3n) is 7.35. The third-order valence-corrected chi connectivity index (χ3v) is 9.13. The molecule has 10 nitrogen and oxygen atoms in total. The molecular formula is C34H32IN3O7S. The predicted octanol–water partition coefficient (Wildman–Crippen LogP) is 4.75. The second-order valence-corrected chi connectivity index (χ2v) is 12.8. The van der Waals surface area contributed by atoms with Gasteiger partial charge in [-0.15, -0.1) is 0 Å². The fourth-order valence-electron chi connectivity index (χ4n) is 5.13. The number of halogens is 1. The Morgan fingerprint density at radius 3 is 2.52 bits per heavy atom. The van der Waals surface area contributed by atoms with E-state index in [4.69, 9.17) is 14.2 Å². The monoisotopic (exact) mass is 753 g/mol. The van der Waals surface area contributed by atoms with Gasteiger partial charge in [0.2, 0.25) is 0 Å². The number of hydrogen-bond donors (Lipinski definition) is 1. The summed E-state index contributed by atoms with van der Waals surface area (Å²) in [6.07, 6.45) is 1.77. The summed E-state index contributed by atoms with van der Waals surface area (Å²) in [6.45, 7) is 3.84. The Kier molecular flexibility index (Phi) is 9.97. The molecule has 0 radical (unpaired) electrons. The Hall–Kier alpha value is -4.43. The molecule has 12 heteroatoms. The maximum Gasteiger partial charge on any atom is 0.338 e. The van der Waals surface area contributed by atoms with E-state index in [-0.39, 0.29) is 24.3 Å². The molecule has 0 bridgehead atoms. The van der Waals surface area contributed by atoms with Crippen LogP contribution in [0.4, 0.5) is 5.69 Å². The van der Waals surface area contributed by atoms with E-state index >= 15 is 0 Å². The van der Waals surface area contributed by atoms with Gasteiger partial charge in [-0.1, -0.05) is 35.6 Å². The highest BCUT2D eigenvalue weighted by Gasteiger charge is 2.33. The molecule has 1 aliphatic rings. The Labute approximate surface area is 283 Å². The Bertz CT molecular complexity index is 2030. The number of thiazole rings is 1. The van der Waals surface area contributed by atoms with Crippen LogP contribution < -0.4 is 29.3 Å². The van der Waals surface area contributed by atoms with Crippen LogP contribution in [-0.4, -0.2) is 49.4 Å². The van der Waals surface area contributed by atoms with Crippen LogP contribution in [0.2, 0.25) is 0 Å². The summed E-state index contributed by atoms with van der Waals surface area (Å²) < 4.78 is 19.8. The van der Waals surface area contributed by atoms with Gasteiger partial charge in [-0.25, -0.2) is 14.6 Å². The lowest BCUT2D eigenvalue weighted by Gasteiger charge is -2.25. The normalized spacial score (nSPS) is 14.4. The van der Waals surface area contributed by atoms with Gasteiger partial charge in [0.25, 0.3) is 5.56 Å². The number of carboxylic acid groups (broad SMARTS) is 1. The van der Waals surface area contributed by atoms with Gasteiger partial charge in [0.1, 0.15) is 6.61 Å². The molecule has 1 aliphatic heterocycles. The summed E-state index contributed by atoms with van der Waals surface area (Å²) in [4.78, 5) is 45.7. The van der Waals surface area contributed by atoms with Crippen molar-refractivity contribution < 1.29 is 28.9 Å². The average molecular weight is 754 g/mol. The van der Waals surface area contributed by atoms with Crippen LogP contribution in [0.15, 0.2) is 81.7 Å². The first-order chi connectivity index (χ1) is 22.0. The van der Waals surface area contributed by atoms with E-state index in [1.807, 2.05) is 49.3 Å². The van der Waals surface area contributed by atoms with Crippen molar-refractivity contribution in [3.8, 4) is 11.5 Å². The highest BCUT2D eigenvalue weighted by molar-refractivity contribution is 14.1. The number of carbonyl (C=O) groups is 2. The molecule has 238 valence electrons. The van der Waals surface area contributed by atoms with Crippen LogP contribution >= 0.6 is 33.9 Å². The molecule has 5 rings (SSSR count). The molecule has 0 spiro atoms. The van der Waals surface area contributed by atoms with Gasteiger partial charge in [0, 0.05) is 19.8 Å². The highest BCUT2D eigenvalue weighted by Crippen LogP contribution is 2.35. The fraction of sp³-hybridized carbons (Fsp3) is 0.235. The number of fused-ring (bicyclic) bond motifs is 1. The maximum absolute atomic E-state index is 14.1. The molecule has 46 heavy (non-hydrogen) atoms. The number of carboxylic acids is 1. The summed E-state index contributed by atoms with van der Waals surface area (Å²) in [7, 11) is 5.42. The lowest BCUT2D eigenvalue weighted by molar-refractivity contribution is -0.139. The van der Waals surface area contributed by atoms with Gasteiger partial charge in [0.15, 0.2) is 16.3 Å². The van der Waals surface area contributed by atoms with Crippen LogP contribution in [0.25, 0.3) is 6.08 Å². The van der Waals surface area contributed by atoms with Gasteiger partial charge in [-0.05, 0) is 95.6 Å². The van der Waals surface area contributed by atoms with Crippen LogP contribution in [-0.2, 0) is 16.1 Å². The average Bonchev–Trinajstić information content (AvgIpc) is 3.33. The van der Waals surface area contributed by atoms with Gasteiger partial charge in [0.05, 0.1) is 44.7 Å². The number of nitrogens with zero attached hydrogens (tertiary/aromatic N) is 3. The molecule has 1 aromatic heterocycles. The lowest BCUT2D eigenvalue weighted by atomic mass is 9.95. The van der Waals surface area contributed by atoms with Crippen molar-refractivity contribution in [3.05, 3.63) is 117 Å². The van der Waals surface area contributed by atoms with E-state index in [1.54, 1.807) is 48.8 Å². The van der Waals surface area contributed by atoms with Gasteiger partial charge < -0.3 is 24.2 Å². The number of esters is 1. The molecule has 0 saturated heterocycles. The minimum Gasteiger partial charge on any atom is -0.493 e.